The molecule has 1 N–H and O–H groups in total. The highest BCUT2D eigenvalue weighted by Gasteiger charge is 2.22. The van der Waals surface area contributed by atoms with E-state index in [9.17, 15) is 9.59 Å². The molecule has 5 rings (SSSR count). The van der Waals surface area contributed by atoms with Gasteiger partial charge in [-0.1, -0.05) is 30.3 Å². The average molecular weight is 474 g/mol. The number of anilines is 1. The molecule has 2 aromatic heterocycles. The quantitative estimate of drug-likeness (QED) is 0.466. The van der Waals surface area contributed by atoms with Gasteiger partial charge in [0.1, 0.15) is 5.75 Å². The predicted molar refractivity (Wildman–Crippen MR) is 139 cm³/mol. The smallest absolute Gasteiger partial charge is 0.274 e. The minimum absolute atomic E-state index is 0.150. The lowest BCUT2D eigenvalue weighted by atomic mass is 10.2. The lowest BCUT2D eigenvalue weighted by Gasteiger charge is -2.36. The fraction of sp³-hybridized carbons (Fsp3) is 0.333. The normalized spacial score (nSPS) is 14.5. The molecule has 3 heterocycles. The first kappa shape index (κ1) is 23.0. The van der Waals surface area contributed by atoms with E-state index in [0.29, 0.717) is 23.9 Å². The molecule has 0 radical (unpaired) electrons. The van der Waals surface area contributed by atoms with Crippen LogP contribution in [-0.2, 0) is 6.54 Å². The van der Waals surface area contributed by atoms with Crippen molar-refractivity contribution >= 4 is 16.5 Å². The van der Waals surface area contributed by atoms with Gasteiger partial charge in [-0.3, -0.25) is 19.6 Å². The van der Waals surface area contributed by atoms with E-state index in [2.05, 4.69) is 21.0 Å². The number of fused-ring (bicyclic) bond motifs is 1. The van der Waals surface area contributed by atoms with Crippen molar-refractivity contribution in [2.75, 3.05) is 44.7 Å². The van der Waals surface area contributed by atoms with Crippen molar-refractivity contribution in [1.29, 1.82) is 0 Å². The SMILES string of the molecule is COc1ccccc1N1CCN(CCn2[nH]c(=O)c3c(C)n(-c4ccccc4)c(C)c3c2=O)CC1. The molecule has 4 aromatic rings. The van der Waals surface area contributed by atoms with Crippen LogP contribution in [-0.4, -0.2) is 59.1 Å². The van der Waals surface area contributed by atoms with Gasteiger partial charge in [0.2, 0.25) is 0 Å². The maximum atomic E-state index is 13.4. The minimum Gasteiger partial charge on any atom is -0.495 e. The van der Waals surface area contributed by atoms with Gasteiger partial charge in [0.05, 0.1) is 30.1 Å². The summed E-state index contributed by atoms with van der Waals surface area (Å²) in [5, 5.41) is 3.79. The maximum Gasteiger partial charge on any atom is 0.274 e. The van der Waals surface area contributed by atoms with Crippen LogP contribution in [0.4, 0.5) is 5.69 Å². The van der Waals surface area contributed by atoms with Gasteiger partial charge in [-0.15, -0.1) is 0 Å². The summed E-state index contributed by atoms with van der Waals surface area (Å²) in [4.78, 5) is 31.1. The molecule has 0 unspecified atom stereocenters. The molecule has 0 saturated carbocycles. The van der Waals surface area contributed by atoms with Gasteiger partial charge >= 0.3 is 0 Å². The second-order valence-electron chi connectivity index (χ2n) is 8.99. The van der Waals surface area contributed by atoms with Crippen LogP contribution in [0.25, 0.3) is 16.5 Å². The Hall–Kier alpha value is -3.78. The van der Waals surface area contributed by atoms with Crippen LogP contribution in [0, 0.1) is 13.8 Å². The molecule has 1 fully saturated rings. The van der Waals surface area contributed by atoms with Crippen molar-refractivity contribution in [2.45, 2.75) is 20.4 Å². The highest BCUT2D eigenvalue weighted by molar-refractivity contribution is 5.87. The summed E-state index contributed by atoms with van der Waals surface area (Å²) in [6, 6.07) is 17.9. The van der Waals surface area contributed by atoms with E-state index in [-0.39, 0.29) is 11.1 Å². The van der Waals surface area contributed by atoms with Gasteiger partial charge in [0.15, 0.2) is 0 Å². The number of nitrogens with one attached hydrogen (secondary N) is 1. The zero-order valence-corrected chi connectivity index (χ0v) is 20.5. The van der Waals surface area contributed by atoms with E-state index >= 15 is 0 Å². The van der Waals surface area contributed by atoms with Gasteiger partial charge in [-0.05, 0) is 38.1 Å². The standard InChI is InChI=1S/C27H31N5O3/c1-19-24-25(20(2)32(19)21-9-5-4-6-10-21)27(34)31(28-26(24)33)18-15-29-13-16-30(17-14-29)22-11-7-8-12-23(22)35-3/h4-12H,13-18H2,1-3H3,(H,28,33). The van der Waals surface area contributed by atoms with Crippen molar-refractivity contribution in [2.24, 2.45) is 0 Å². The molecule has 0 aliphatic carbocycles. The number of H-pyrrole nitrogens is 1. The van der Waals surface area contributed by atoms with Gasteiger partial charge in [0, 0.05) is 49.8 Å². The molecule has 0 bridgehead atoms. The Kier molecular flexibility index (Phi) is 6.21. The molecule has 0 amide bonds. The third-order valence-corrected chi connectivity index (χ3v) is 7.02. The molecule has 1 saturated heterocycles. The summed E-state index contributed by atoms with van der Waals surface area (Å²) in [5.41, 5.74) is 3.24. The summed E-state index contributed by atoms with van der Waals surface area (Å²) in [5.74, 6) is 0.881. The number of benzene rings is 2. The highest BCUT2D eigenvalue weighted by atomic mass is 16.5. The first-order chi connectivity index (χ1) is 17.0. The first-order valence-electron chi connectivity index (χ1n) is 12.0. The third-order valence-electron chi connectivity index (χ3n) is 7.02. The Morgan fingerprint density at radius 3 is 2.20 bits per heavy atom. The largest absolute Gasteiger partial charge is 0.495 e. The van der Waals surface area contributed by atoms with Gasteiger partial charge < -0.3 is 14.2 Å². The summed E-state index contributed by atoms with van der Waals surface area (Å²) >= 11 is 0. The van der Waals surface area contributed by atoms with Crippen LogP contribution in [0.5, 0.6) is 5.75 Å². The molecule has 0 atom stereocenters. The number of para-hydroxylation sites is 3. The molecule has 1 aliphatic rings. The Morgan fingerprint density at radius 1 is 0.829 bits per heavy atom. The first-order valence-corrected chi connectivity index (χ1v) is 12.0. The van der Waals surface area contributed by atoms with Crippen molar-refractivity contribution in [3.05, 3.63) is 86.7 Å². The van der Waals surface area contributed by atoms with Crippen molar-refractivity contribution < 1.29 is 4.74 Å². The molecular weight excluding hydrogens is 442 g/mol. The van der Waals surface area contributed by atoms with E-state index < -0.39 is 0 Å². The number of aromatic nitrogens is 3. The van der Waals surface area contributed by atoms with Gasteiger partial charge in [-0.25, -0.2) is 4.68 Å². The number of methoxy groups -OCH3 is 1. The summed E-state index contributed by atoms with van der Waals surface area (Å²) in [7, 11) is 1.70. The lowest BCUT2D eigenvalue weighted by molar-refractivity contribution is 0.242. The highest BCUT2D eigenvalue weighted by Crippen LogP contribution is 2.28. The number of nitrogens with zero attached hydrogens (tertiary/aromatic N) is 4. The van der Waals surface area contributed by atoms with Crippen LogP contribution in [0.2, 0.25) is 0 Å². The van der Waals surface area contributed by atoms with Crippen LogP contribution < -0.4 is 20.8 Å². The van der Waals surface area contributed by atoms with Gasteiger partial charge in [-0.2, -0.15) is 0 Å². The number of piperazine rings is 1. The number of rotatable bonds is 6. The fourth-order valence-electron chi connectivity index (χ4n) is 5.21. The number of hydrogen-bond acceptors (Lipinski definition) is 5. The maximum absolute atomic E-state index is 13.4. The number of aromatic amines is 1. The fourth-order valence-corrected chi connectivity index (χ4v) is 5.21. The van der Waals surface area contributed by atoms with E-state index in [1.165, 1.54) is 4.68 Å². The topological polar surface area (TPSA) is 75.5 Å². The van der Waals surface area contributed by atoms with Crippen molar-refractivity contribution in [1.82, 2.24) is 19.2 Å². The zero-order valence-electron chi connectivity index (χ0n) is 20.5. The van der Waals surface area contributed by atoms with E-state index in [1.807, 2.05) is 66.9 Å². The Morgan fingerprint density at radius 2 is 1.49 bits per heavy atom. The summed E-state index contributed by atoms with van der Waals surface area (Å²) < 4.78 is 8.97. The van der Waals surface area contributed by atoms with Gasteiger partial charge in [0.25, 0.3) is 11.1 Å². The molecule has 0 spiro atoms. The monoisotopic (exact) mass is 473 g/mol. The second-order valence-corrected chi connectivity index (χ2v) is 8.99. The van der Waals surface area contributed by atoms with Crippen LogP contribution in [0.3, 0.4) is 0 Å². The van der Waals surface area contributed by atoms with Crippen LogP contribution >= 0.6 is 0 Å². The molecule has 1 aliphatic heterocycles. The minimum atomic E-state index is -0.226. The van der Waals surface area contributed by atoms with Crippen LogP contribution in [0.15, 0.2) is 64.2 Å². The second kappa shape index (κ2) is 9.46. The van der Waals surface area contributed by atoms with E-state index in [0.717, 1.165) is 54.7 Å². The number of ether oxygens (including phenoxy) is 1. The molecular formula is C27H31N5O3. The third kappa shape index (κ3) is 4.14. The van der Waals surface area contributed by atoms with Crippen molar-refractivity contribution in [3.8, 4) is 11.4 Å². The summed E-state index contributed by atoms with van der Waals surface area (Å²) in [6.45, 7) is 8.44. The predicted octanol–water partition coefficient (Wildman–Crippen LogP) is 2.93. The Balaban J connectivity index is 1.35. The summed E-state index contributed by atoms with van der Waals surface area (Å²) in [6.07, 6.45) is 0. The number of hydrogen-bond donors (Lipinski definition) is 1. The average Bonchev–Trinajstić information content (AvgIpc) is 3.16. The Labute approximate surface area is 203 Å². The molecule has 35 heavy (non-hydrogen) atoms. The molecule has 8 heteroatoms. The van der Waals surface area contributed by atoms with Crippen LogP contribution in [0.1, 0.15) is 11.4 Å². The number of aryl methyl sites for hydroxylation is 2. The van der Waals surface area contributed by atoms with E-state index in [4.69, 9.17) is 4.74 Å². The molecule has 8 nitrogen and oxygen atoms in total. The molecule has 2 aromatic carbocycles. The zero-order chi connectivity index (χ0) is 24.5. The molecule has 182 valence electrons. The van der Waals surface area contributed by atoms with E-state index in [1.54, 1.807) is 7.11 Å². The van der Waals surface area contributed by atoms with Crippen molar-refractivity contribution in [3.63, 3.8) is 0 Å². The Bertz CT molecular complexity index is 1460. The lowest BCUT2D eigenvalue weighted by Crippen LogP contribution is -2.48.